The fourth-order valence-electron chi connectivity index (χ4n) is 5.01. The number of piperidine rings is 1. The molecule has 1 amide bonds. The Balaban J connectivity index is 0.000000396. The van der Waals surface area contributed by atoms with Gasteiger partial charge < -0.3 is 15.6 Å². The maximum Gasteiger partial charge on any atom is 0.251 e. The lowest BCUT2D eigenvalue weighted by molar-refractivity contribution is -0.120. The summed E-state index contributed by atoms with van der Waals surface area (Å²) in [6.45, 7) is 17.1. The van der Waals surface area contributed by atoms with Crippen molar-refractivity contribution >= 4 is 5.91 Å². The van der Waals surface area contributed by atoms with Crippen LogP contribution in [-0.2, 0) is 10.8 Å². The summed E-state index contributed by atoms with van der Waals surface area (Å²) in [6.07, 6.45) is 7.51. The standard InChI is InChI=1S/C22H34N2O3.C7H11/c1-21(2)9-10-22(3,4)18-13-16(5-6-17(18)21)20(26)23-14-19(25)15-7-11-24(27)12-8-15;1-7(2,3)6-4-5-6/h5-6,13,15,19,25,27H,7-12,14H2,1-4H3,(H,23,26);4-5H,1-3H3. The molecule has 1 aromatic rings. The SMILES string of the molecule is CC(C)(C)C1=C[CH]1.CC1(C)CCC(C)(C)c2cc(C(=O)NCC(O)C3CCN(O)CC3)ccc21. The number of amides is 1. The second-order valence-corrected chi connectivity index (χ2v) is 12.6. The van der Waals surface area contributed by atoms with Crippen LogP contribution < -0.4 is 5.32 Å². The Kier molecular flexibility index (Phi) is 8.01. The number of hydroxylamine groups is 2. The number of fused-ring (bicyclic) bond motifs is 1. The van der Waals surface area contributed by atoms with E-state index in [2.05, 4.69) is 72.3 Å². The number of nitrogens with zero attached hydrogens (tertiary/aromatic N) is 1. The number of benzene rings is 1. The van der Waals surface area contributed by atoms with Crippen molar-refractivity contribution in [3.8, 4) is 0 Å². The molecule has 3 aliphatic rings. The van der Waals surface area contributed by atoms with Crippen molar-refractivity contribution < 1.29 is 15.1 Å². The Hall–Kier alpha value is -1.69. The molecule has 4 rings (SSSR count). The molecule has 189 valence electrons. The lowest BCUT2D eigenvalue weighted by Gasteiger charge is -2.42. The summed E-state index contributed by atoms with van der Waals surface area (Å²) in [5.41, 5.74) is 5.38. The number of nitrogens with one attached hydrogen (secondary N) is 1. The minimum Gasteiger partial charge on any atom is -0.391 e. The Labute approximate surface area is 206 Å². The van der Waals surface area contributed by atoms with Crippen LogP contribution in [0.3, 0.4) is 0 Å². The van der Waals surface area contributed by atoms with Crippen molar-refractivity contribution in [2.24, 2.45) is 11.3 Å². The molecule has 2 aliphatic carbocycles. The molecular weight excluding hydrogens is 424 g/mol. The van der Waals surface area contributed by atoms with E-state index in [0.29, 0.717) is 24.1 Å². The molecule has 0 spiro atoms. The maximum atomic E-state index is 12.7. The van der Waals surface area contributed by atoms with E-state index in [1.165, 1.54) is 21.8 Å². The van der Waals surface area contributed by atoms with Crippen molar-refractivity contribution in [3.05, 3.63) is 53.0 Å². The number of hydrogen-bond acceptors (Lipinski definition) is 4. The minimum absolute atomic E-state index is 0.0684. The lowest BCUT2D eigenvalue weighted by Crippen LogP contribution is -2.41. The Morgan fingerprint density at radius 1 is 1.09 bits per heavy atom. The third kappa shape index (κ3) is 6.71. The van der Waals surface area contributed by atoms with Gasteiger partial charge in [0.1, 0.15) is 0 Å². The van der Waals surface area contributed by atoms with Crippen molar-refractivity contribution in [1.82, 2.24) is 10.4 Å². The first-order valence-corrected chi connectivity index (χ1v) is 12.8. The van der Waals surface area contributed by atoms with Gasteiger partial charge in [-0.15, -0.1) is 0 Å². The maximum absolute atomic E-state index is 12.7. The first-order valence-electron chi connectivity index (χ1n) is 12.8. The van der Waals surface area contributed by atoms with Crippen molar-refractivity contribution in [2.45, 2.75) is 91.1 Å². The van der Waals surface area contributed by atoms with Crippen LogP contribution in [0.1, 0.15) is 95.6 Å². The highest BCUT2D eigenvalue weighted by Gasteiger charge is 2.37. The van der Waals surface area contributed by atoms with E-state index in [9.17, 15) is 15.1 Å². The number of hydrogen-bond donors (Lipinski definition) is 3. The van der Waals surface area contributed by atoms with E-state index in [1.807, 2.05) is 12.1 Å². The van der Waals surface area contributed by atoms with E-state index in [4.69, 9.17) is 0 Å². The van der Waals surface area contributed by atoms with Gasteiger partial charge in [-0.3, -0.25) is 4.79 Å². The first kappa shape index (κ1) is 26.9. The zero-order chi connectivity index (χ0) is 25.3. The smallest absolute Gasteiger partial charge is 0.251 e. The quantitative estimate of drug-likeness (QED) is 0.552. The van der Waals surface area contributed by atoms with Crippen LogP contribution in [0.25, 0.3) is 0 Å². The molecule has 34 heavy (non-hydrogen) atoms. The second kappa shape index (κ2) is 10.1. The van der Waals surface area contributed by atoms with Crippen molar-refractivity contribution in [2.75, 3.05) is 19.6 Å². The molecule has 1 fully saturated rings. The van der Waals surface area contributed by atoms with E-state index >= 15 is 0 Å². The number of aliphatic hydroxyl groups is 1. The summed E-state index contributed by atoms with van der Waals surface area (Å²) < 4.78 is 0. The summed E-state index contributed by atoms with van der Waals surface area (Å²) in [5.74, 6) is -0.00686. The molecule has 1 aromatic carbocycles. The van der Waals surface area contributed by atoms with Crippen LogP contribution >= 0.6 is 0 Å². The lowest BCUT2D eigenvalue weighted by atomic mass is 9.63. The molecule has 5 heteroatoms. The van der Waals surface area contributed by atoms with E-state index < -0.39 is 6.10 Å². The zero-order valence-corrected chi connectivity index (χ0v) is 22.2. The topological polar surface area (TPSA) is 72.8 Å². The number of allylic oxidation sites excluding steroid dienone is 2. The number of rotatable bonds is 4. The van der Waals surface area contributed by atoms with Gasteiger partial charge in [-0.1, -0.05) is 66.2 Å². The number of carbonyl (C=O) groups is 1. The van der Waals surface area contributed by atoms with Gasteiger partial charge in [0.25, 0.3) is 5.91 Å². The summed E-state index contributed by atoms with van der Waals surface area (Å²) in [5, 5.41) is 24.0. The molecule has 1 aliphatic heterocycles. The molecular formula is C29H45N2O3. The highest BCUT2D eigenvalue weighted by molar-refractivity contribution is 5.94. The fraction of sp³-hybridized carbons (Fsp3) is 0.655. The van der Waals surface area contributed by atoms with Gasteiger partial charge in [0.05, 0.1) is 6.10 Å². The molecule has 1 unspecified atom stereocenters. The number of carbonyl (C=O) groups excluding carboxylic acids is 1. The van der Waals surface area contributed by atoms with Crippen LogP contribution in [0.4, 0.5) is 0 Å². The fourth-order valence-corrected chi connectivity index (χ4v) is 5.01. The van der Waals surface area contributed by atoms with Crippen LogP contribution in [0, 0.1) is 17.8 Å². The molecule has 1 heterocycles. The average molecular weight is 470 g/mol. The molecule has 5 nitrogen and oxygen atoms in total. The summed E-state index contributed by atoms with van der Waals surface area (Å²) >= 11 is 0. The average Bonchev–Trinajstić information content (AvgIpc) is 3.62. The molecule has 1 atom stereocenters. The van der Waals surface area contributed by atoms with E-state index in [1.54, 1.807) is 0 Å². The monoisotopic (exact) mass is 469 g/mol. The van der Waals surface area contributed by atoms with Gasteiger partial charge in [-0.05, 0) is 71.1 Å². The third-order valence-electron chi connectivity index (χ3n) is 7.85. The molecule has 0 saturated carbocycles. The van der Waals surface area contributed by atoms with Crippen LogP contribution in [0.5, 0.6) is 0 Å². The highest BCUT2D eigenvalue weighted by Crippen LogP contribution is 2.45. The molecule has 0 aromatic heterocycles. The predicted molar refractivity (Wildman–Crippen MR) is 138 cm³/mol. The van der Waals surface area contributed by atoms with Crippen LogP contribution in [-0.4, -0.2) is 47.0 Å². The summed E-state index contributed by atoms with van der Waals surface area (Å²) in [6, 6.07) is 6.06. The third-order valence-corrected chi connectivity index (χ3v) is 7.85. The molecule has 3 N–H and O–H groups in total. The molecule has 0 bridgehead atoms. The minimum atomic E-state index is -0.573. The van der Waals surface area contributed by atoms with Gasteiger partial charge >= 0.3 is 0 Å². The van der Waals surface area contributed by atoms with Crippen molar-refractivity contribution in [3.63, 3.8) is 0 Å². The summed E-state index contributed by atoms with van der Waals surface area (Å²) in [7, 11) is 0. The van der Waals surface area contributed by atoms with Gasteiger partial charge in [0, 0.05) is 31.6 Å². The van der Waals surface area contributed by atoms with Crippen LogP contribution in [0.15, 0.2) is 29.8 Å². The molecule has 1 saturated heterocycles. The zero-order valence-electron chi connectivity index (χ0n) is 22.2. The van der Waals surface area contributed by atoms with Crippen molar-refractivity contribution in [1.29, 1.82) is 0 Å². The Morgan fingerprint density at radius 3 is 2.15 bits per heavy atom. The largest absolute Gasteiger partial charge is 0.391 e. The number of aliphatic hydroxyl groups excluding tert-OH is 1. The summed E-state index contributed by atoms with van der Waals surface area (Å²) in [4.78, 5) is 12.7. The Bertz CT molecular complexity index is 902. The van der Waals surface area contributed by atoms with Gasteiger partial charge in [0.15, 0.2) is 0 Å². The van der Waals surface area contributed by atoms with Gasteiger partial charge in [-0.25, -0.2) is 0 Å². The van der Waals surface area contributed by atoms with E-state index in [0.717, 1.165) is 25.7 Å². The molecule has 1 radical (unpaired) electrons. The van der Waals surface area contributed by atoms with E-state index in [-0.39, 0.29) is 29.2 Å². The Morgan fingerprint density at radius 2 is 1.65 bits per heavy atom. The highest BCUT2D eigenvalue weighted by atomic mass is 16.5. The second-order valence-electron chi connectivity index (χ2n) is 12.6. The first-order chi connectivity index (χ1) is 15.7. The normalized spacial score (nSPS) is 22.6. The van der Waals surface area contributed by atoms with Crippen LogP contribution in [0.2, 0.25) is 0 Å². The predicted octanol–water partition coefficient (Wildman–Crippen LogP) is 5.40. The van der Waals surface area contributed by atoms with Gasteiger partial charge in [0.2, 0.25) is 0 Å². The van der Waals surface area contributed by atoms with Gasteiger partial charge in [-0.2, -0.15) is 5.06 Å².